The maximum Gasteiger partial charge on any atom is 0.256 e. The average molecular weight is 767 g/mol. The van der Waals surface area contributed by atoms with Crippen LogP contribution in [-0.4, -0.2) is 50.2 Å². The van der Waals surface area contributed by atoms with Crippen LogP contribution in [0.25, 0.3) is 55.4 Å². The summed E-state index contributed by atoms with van der Waals surface area (Å²) in [5, 5.41) is 7.54. The van der Waals surface area contributed by atoms with Crippen LogP contribution in [-0.2, 0) is 0 Å². The van der Waals surface area contributed by atoms with E-state index in [4.69, 9.17) is 28.9 Å². The molecular weight excluding hydrogens is 729 g/mol. The van der Waals surface area contributed by atoms with Crippen LogP contribution >= 0.6 is 0 Å². The minimum absolute atomic E-state index is 0.312. The Hall–Kier alpha value is -7.72. The second-order valence-corrected chi connectivity index (χ2v) is 13.3. The molecule has 286 valence electrons. The fourth-order valence-electron chi connectivity index (χ4n) is 6.91. The molecule has 8 rings (SSSR count). The standard InChI is InChI=1S/C48H38N4O6/c1-55-33-13-9-11-31(23-33)43-27-37(35-15-5-7-17-39(35)49-43)47(53)51-41-21-19-29(25-45(41)57-3)30-20-22-42(46(26-30)58-4)52-48(54)38-28-44(32-12-10-14-34(24-32)56-2)50-40-18-8-6-16-36(38)40/h5-28H,1-4H3,(H,51,53)(H,52,54). The number of carbonyl (C=O) groups is 2. The molecule has 0 aliphatic carbocycles. The smallest absolute Gasteiger partial charge is 0.256 e. The fourth-order valence-corrected chi connectivity index (χ4v) is 6.91. The summed E-state index contributed by atoms with van der Waals surface area (Å²) in [6, 6.07) is 44.9. The highest BCUT2D eigenvalue weighted by Gasteiger charge is 2.19. The highest BCUT2D eigenvalue weighted by molar-refractivity contribution is 6.14. The topological polar surface area (TPSA) is 121 Å². The van der Waals surface area contributed by atoms with Crippen LogP contribution in [0.15, 0.2) is 146 Å². The number of anilines is 2. The van der Waals surface area contributed by atoms with Gasteiger partial charge in [-0.1, -0.05) is 72.8 Å². The van der Waals surface area contributed by atoms with Gasteiger partial charge in [0.25, 0.3) is 11.8 Å². The predicted molar refractivity (Wildman–Crippen MR) is 228 cm³/mol. The third-order valence-corrected chi connectivity index (χ3v) is 9.89. The van der Waals surface area contributed by atoms with Crippen molar-refractivity contribution in [2.24, 2.45) is 0 Å². The van der Waals surface area contributed by atoms with Gasteiger partial charge in [0.2, 0.25) is 0 Å². The van der Waals surface area contributed by atoms with Crippen molar-refractivity contribution >= 4 is 45.0 Å². The van der Waals surface area contributed by atoms with E-state index in [-0.39, 0.29) is 11.8 Å². The largest absolute Gasteiger partial charge is 0.497 e. The van der Waals surface area contributed by atoms with Crippen molar-refractivity contribution in [1.82, 2.24) is 9.97 Å². The second-order valence-electron chi connectivity index (χ2n) is 13.3. The number of ether oxygens (including phenoxy) is 4. The van der Waals surface area contributed by atoms with E-state index >= 15 is 0 Å². The van der Waals surface area contributed by atoms with Crippen LogP contribution in [0.2, 0.25) is 0 Å². The normalized spacial score (nSPS) is 10.9. The second kappa shape index (κ2) is 16.2. The van der Waals surface area contributed by atoms with Gasteiger partial charge in [-0.25, -0.2) is 9.97 Å². The Bertz CT molecular complexity index is 2660. The van der Waals surface area contributed by atoms with E-state index in [1.54, 1.807) is 52.7 Å². The zero-order valence-corrected chi connectivity index (χ0v) is 32.2. The molecule has 2 amide bonds. The lowest BCUT2D eigenvalue weighted by molar-refractivity contribution is 0.102. The number of fused-ring (bicyclic) bond motifs is 2. The van der Waals surface area contributed by atoms with E-state index in [2.05, 4.69) is 10.6 Å². The maximum absolute atomic E-state index is 14.0. The molecule has 0 aliphatic heterocycles. The first-order chi connectivity index (χ1) is 28.3. The number of amides is 2. The molecule has 0 bridgehead atoms. The molecular formula is C48H38N4O6. The molecule has 8 aromatic rings. The van der Waals surface area contributed by atoms with Crippen molar-refractivity contribution in [2.75, 3.05) is 39.1 Å². The van der Waals surface area contributed by atoms with Gasteiger partial charge in [-0.15, -0.1) is 0 Å². The van der Waals surface area contributed by atoms with Gasteiger partial charge in [-0.3, -0.25) is 9.59 Å². The number of carbonyl (C=O) groups excluding carboxylic acids is 2. The van der Waals surface area contributed by atoms with Crippen molar-refractivity contribution in [3.63, 3.8) is 0 Å². The SMILES string of the molecule is COc1cccc(-c2cc(C(=O)Nc3ccc(-c4ccc(NC(=O)c5cc(-c6cccc(OC)c6)nc6ccccc56)c(OC)c4)cc3OC)c3ccccc3n2)c1. The molecule has 0 fully saturated rings. The number of benzene rings is 6. The Labute approximate surface area is 335 Å². The number of hydrogen-bond acceptors (Lipinski definition) is 8. The van der Waals surface area contributed by atoms with Gasteiger partial charge in [-0.2, -0.15) is 0 Å². The van der Waals surface area contributed by atoms with Crippen molar-refractivity contribution < 1.29 is 28.5 Å². The molecule has 6 aromatic carbocycles. The molecule has 58 heavy (non-hydrogen) atoms. The summed E-state index contributed by atoms with van der Waals surface area (Å²) in [7, 11) is 6.34. The highest BCUT2D eigenvalue weighted by Crippen LogP contribution is 2.37. The van der Waals surface area contributed by atoms with E-state index in [1.807, 2.05) is 121 Å². The lowest BCUT2D eigenvalue weighted by atomic mass is 10.0. The molecule has 2 heterocycles. The third kappa shape index (κ3) is 7.46. The van der Waals surface area contributed by atoms with E-state index < -0.39 is 0 Å². The Balaban J connectivity index is 1.06. The molecule has 0 saturated heterocycles. The van der Waals surface area contributed by atoms with Gasteiger partial charge in [0.1, 0.15) is 23.0 Å². The Morgan fingerprint density at radius 3 is 1.28 bits per heavy atom. The Kier molecular flexibility index (Phi) is 10.4. The monoisotopic (exact) mass is 766 g/mol. The first-order valence-electron chi connectivity index (χ1n) is 18.4. The zero-order valence-electron chi connectivity index (χ0n) is 32.2. The number of para-hydroxylation sites is 2. The number of nitrogens with zero attached hydrogens (tertiary/aromatic N) is 2. The zero-order chi connectivity index (χ0) is 40.2. The van der Waals surface area contributed by atoms with Gasteiger partial charge in [0.05, 0.1) is 73.4 Å². The van der Waals surface area contributed by atoms with Crippen LogP contribution < -0.4 is 29.6 Å². The number of pyridine rings is 2. The van der Waals surface area contributed by atoms with Crippen LogP contribution in [0.3, 0.4) is 0 Å². The molecule has 2 N–H and O–H groups in total. The molecule has 0 aliphatic rings. The summed E-state index contributed by atoms with van der Waals surface area (Å²) in [5.41, 5.74) is 7.86. The lowest BCUT2D eigenvalue weighted by Gasteiger charge is -2.16. The van der Waals surface area contributed by atoms with Crippen LogP contribution in [0.4, 0.5) is 11.4 Å². The van der Waals surface area contributed by atoms with Crippen molar-refractivity contribution in [1.29, 1.82) is 0 Å². The molecule has 2 aromatic heterocycles. The van der Waals surface area contributed by atoms with Crippen LogP contribution in [0, 0.1) is 0 Å². The summed E-state index contributed by atoms with van der Waals surface area (Å²) in [6.07, 6.45) is 0. The average Bonchev–Trinajstić information content (AvgIpc) is 3.28. The molecule has 10 nitrogen and oxygen atoms in total. The van der Waals surface area contributed by atoms with Gasteiger partial charge < -0.3 is 29.6 Å². The van der Waals surface area contributed by atoms with Gasteiger partial charge >= 0.3 is 0 Å². The summed E-state index contributed by atoms with van der Waals surface area (Å²) >= 11 is 0. The predicted octanol–water partition coefficient (Wildman–Crippen LogP) is 10.3. The van der Waals surface area contributed by atoms with Crippen molar-refractivity contribution in [2.45, 2.75) is 0 Å². The lowest BCUT2D eigenvalue weighted by Crippen LogP contribution is -2.14. The molecule has 0 spiro atoms. The molecule has 10 heteroatoms. The van der Waals surface area contributed by atoms with E-state index in [0.717, 1.165) is 33.0 Å². The first-order valence-corrected chi connectivity index (χ1v) is 18.4. The Morgan fingerprint density at radius 2 is 0.862 bits per heavy atom. The third-order valence-electron chi connectivity index (χ3n) is 9.89. The van der Waals surface area contributed by atoms with E-state index in [1.165, 1.54) is 0 Å². The number of aromatic nitrogens is 2. The number of rotatable bonds is 11. The van der Waals surface area contributed by atoms with E-state index in [9.17, 15) is 9.59 Å². The van der Waals surface area contributed by atoms with Gasteiger partial charge in [-0.05, 0) is 83.9 Å². The summed E-state index contributed by atoms with van der Waals surface area (Å²) in [6.45, 7) is 0. The van der Waals surface area contributed by atoms with Gasteiger partial charge in [0.15, 0.2) is 0 Å². The fraction of sp³-hybridized carbons (Fsp3) is 0.0833. The molecule has 0 atom stereocenters. The van der Waals surface area contributed by atoms with Crippen molar-refractivity contribution in [3.05, 3.63) is 157 Å². The quantitative estimate of drug-likeness (QED) is 0.133. The number of nitrogens with one attached hydrogen (secondary N) is 2. The highest BCUT2D eigenvalue weighted by atomic mass is 16.5. The Morgan fingerprint density at radius 1 is 0.431 bits per heavy atom. The number of methoxy groups -OCH3 is 4. The minimum atomic E-state index is -0.312. The minimum Gasteiger partial charge on any atom is -0.497 e. The summed E-state index contributed by atoms with van der Waals surface area (Å²) in [4.78, 5) is 37.6. The van der Waals surface area contributed by atoms with Crippen LogP contribution in [0.1, 0.15) is 20.7 Å². The van der Waals surface area contributed by atoms with Crippen LogP contribution in [0.5, 0.6) is 23.0 Å². The van der Waals surface area contributed by atoms with E-state index in [0.29, 0.717) is 67.9 Å². The molecule has 0 radical (unpaired) electrons. The molecule has 0 saturated carbocycles. The number of hydrogen-bond donors (Lipinski definition) is 2. The first kappa shape index (κ1) is 37.2. The van der Waals surface area contributed by atoms with Gasteiger partial charge in [0, 0.05) is 21.9 Å². The summed E-state index contributed by atoms with van der Waals surface area (Å²) in [5.74, 6) is 1.69. The summed E-state index contributed by atoms with van der Waals surface area (Å²) < 4.78 is 22.4. The molecule has 0 unspecified atom stereocenters. The van der Waals surface area contributed by atoms with Crippen molar-refractivity contribution in [3.8, 4) is 56.6 Å². The maximum atomic E-state index is 14.0.